The zero-order chi connectivity index (χ0) is 21.4. The van der Waals surface area contributed by atoms with E-state index in [1.54, 1.807) is 13.8 Å². The summed E-state index contributed by atoms with van der Waals surface area (Å²) < 4.78 is 0. The highest BCUT2D eigenvalue weighted by Crippen LogP contribution is 2.28. The van der Waals surface area contributed by atoms with Crippen LogP contribution in [0.25, 0.3) is 0 Å². The summed E-state index contributed by atoms with van der Waals surface area (Å²) in [5.74, 6) is 6.82. The van der Waals surface area contributed by atoms with Gasteiger partial charge in [-0.15, -0.1) is 0 Å². The summed E-state index contributed by atoms with van der Waals surface area (Å²) in [4.78, 5) is 0. The molecule has 0 aliphatic heterocycles. The lowest BCUT2D eigenvalue weighted by atomic mass is 9.86. The number of unbranched alkanes of at least 4 members (excludes halogenated alkanes) is 1. The number of rotatable bonds is 6. The zero-order valence-corrected chi connectivity index (χ0v) is 17.9. The van der Waals surface area contributed by atoms with E-state index in [0.29, 0.717) is 12.8 Å². The van der Waals surface area contributed by atoms with Crippen LogP contribution in [0.3, 0.4) is 0 Å². The monoisotopic (exact) mass is 394 g/mol. The Hall–Kier alpha value is -2.12. The molecule has 3 heteroatoms. The largest absolute Gasteiger partial charge is 0.393 e. The third-order valence-corrected chi connectivity index (χ3v) is 5.25. The Kier molecular flexibility index (Phi) is 8.46. The van der Waals surface area contributed by atoms with E-state index in [-0.39, 0.29) is 5.92 Å². The lowest BCUT2D eigenvalue weighted by Gasteiger charge is -2.26. The van der Waals surface area contributed by atoms with Crippen LogP contribution >= 0.6 is 0 Å². The van der Waals surface area contributed by atoms with Crippen molar-refractivity contribution in [2.24, 2.45) is 5.92 Å². The molecule has 1 aliphatic rings. The van der Waals surface area contributed by atoms with Crippen LogP contribution in [-0.2, 0) is 5.60 Å². The van der Waals surface area contributed by atoms with Crippen molar-refractivity contribution >= 4 is 0 Å². The molecule has 1 unspecified atom stereocenters. The summed E-state index contributed by atoms with van der Waals surface area (Å²) in [6.45, 7) is 9.61. The van der Waals surface area contributed by atoms with Gasteiger partial charge in [-0.1, -0.05) is 61.8 Å². The average molecular weight is 395 g/mol. The molecular weight excluding hydrogens is 360 g/mol. The number of hydrogen-bond donors (Lipinski definition) is 3. The minimum Gasteiger partial charge on any atom is -0.393 e. The molecular formula is C26H34O3. The first-order chi connectivity index (χ1) is 13.7. The van der Waals surface area contributed by atoms with E-state index in [1.807, 2.05) is 36.4 Å². The maximum Gasteiger partial charge on any atom is 0.0852 e. The van der Waals surface area contributed by atoms with Crippen LogP contribution < -0.4 is 0 Å². The Labute approximate surface area is 175 Å². The predicted octanol–water partition coefficient (Wildman–Crippen LogP) is 4.63. The van der Waals surface area contributed by atoms with Crippen LogP contribution in [0.2, 0.25) is 0 Å². The highest BCUT2D eigenvalue weighted by molar-refractivity contribution is 5.44. The Balaban J connectivity index is 1.82. The molecule has 1 saturated carbocycles. The number of aliphatic hydroxyl groups excluding tert-OH is 2. The third kappa shape index (κ3) is 7.33. The van der Waals surface area contributed by atoms with Gasteiger partial charge in [-0.2, -0.15) is 0 Å². The van der Waals surface area contributed by atoms with Crippen molar-refractivity contribution in [1.29, 1.82) is 0 Å². The fraction of sp³-hybridized carbons (Fsp3) is 0.462. The first kappa shape index (κ1) is 23.2. The molecule has 1 aliphatic carbocycles. The maximum atomic E-state index is 10.3. The Bertz CT molecular complexity index is 814. The van der Waals surface area contributed by atoms with Crippen molar-refractivity contribution in [2.75, 3.05) is 0 Å². The molecule has 1 aromatic rings. The van der Waals surface area contributed by atoms with Crippen molar-refractivity contribution in [3.8, 4) is 11.8 Å². The van der Waals surface area contributed by atoms with Gasteiger partial charge in [0.1, 0.15) is 0 Å². The van der Waals surface area contributed by atoms with Gasteiger partial charge in [-0.25, -0.2) is 0 Å². The zero-order valence-electron chi connectivity index (χ0n) is 17.9. The van der Waals surface area contributed by atoms with Crippen LogP contribution in [0.1, 0.15) is 64.0 Å². The summed E-state index contributed by atoms with van der Waals surface area (Å²) in [6.07, 6.45) is 8.84. The topological polar surface area (TPSA) is 60.7 Å². The highest BCUT2D eigenvalue weighted by Gasteiger charge is 2.24. The summed E-state index contributed by atoms with van der Waals surface area (Å²) in [5, 5.41) is 29.9. The summed E-state index contributed by atoms with van der Waals surface area (Å²) in [6, 6.07) is 7.75. The van der Waals surface area contributed by atoms with Crippen molar-refractivity contribution in [2.45, 2.75) is 70.7 Å². The Morgan fingerprint density at radius 2 is 2.00 bits per heavy atom. The van der Waals surface area contributed by atoms with E-state index < -0.39 is 17.8 Å². The summed E-state index contributed by atoms with van der Waals surface area (Å²) in [5.41, 5.74) is 2.49. The lowest BCUT2D eigenvalue weighted by Crippen LogP contribution is -2.26. The Morgan fingerprint density at radius 1 is 1.28 bits per heavy atom. The SMILES string of the molecule is C=C1C(=CC=CCCCC(C)C#Cc2ccccc2C(C)(C)O)C[C@@H](O)C[C@@H]1O. The molecule has 0 spiro atoms. The molecule has 29 heavy (non-hydrogen) atoms. The fourth-order valence-electron chi connectivity index (χ4n) is 3.48. The number of hydrogen-bond acceptors (Lipinski definition) is 3. The van der Waals surface area contributed by atoms with Gasteiger partial charge in [0, 0.05) is 17.9 Å². The fourth-order valence-corrected chi connectivity index (χ4v) is 3.48. The maximum absolute atomic E-state index is 10.3. The lowest BCUT2D eigenvalue weighted by molar-refractivity contribution is 0.0783. The van der Waals surface area contributed by atoms with E-state index in [9.17, 15) is 15.3 Å². The van der Waals surface area contributed by atoms with Gasteiger partial charge in [-0.3, -0.25) is 0 Å². The van der Waals surface area contributed by atoms with Crippen LogP contribution in [0.15, 0.2) is 60.2 Å². The van der Waals surface area contributed by atoms with E-state index in [0.717, 1.165) is 41.5 Å². The number of allylic oxidation sites excluding steroid dienone is 3. The van der Waals surface area contributed by atoms with Crippen molar-refractivity contribution < 1.29 is 15.3 Å². The normalized spacial score (nSPS) is 22.6. The molecule has 0 bridgehead atoms. The molecule has 0 amide bonds. The quantitative estimate of drug-likeness (QED) is 0.487. The van der Waals surface area contributed by atoms with Gasteiger partial charge >= 0.3 is 0 Å². The van der Waals surface area contributed by atoms with E-state index in [4.69, 9.17) is 0 Å². The summed E-state index contributed by atoms with van der Waals surface area (Å²) >= 11 is 0. The minimum absolute atomic E-state index is 0.278. The molecule has 3 atom stereocenters. The Morgan fingerprint density at radius 3 is 2.72 bits per heavy atom. The van der Waals surface area contributed by atoms with Crippen LogP contribution in [-0.4, -0.2) is 27.5 Å². The smallest absolute Gasteiger partial charge is 0.0852 e. The first-order valence-electron chi connectivity index (χ1n) is 10.4. The van der Waals surface area contributed by atoms with Gasteiger partial charge in [-0.05, 0) is 62.3 Å². The first-order valence-corrected chi connectivity index (χ1v) is 10.4. The number of benzene rings is 1. The average Bonchev–Trinajstić information content (AvgIpc) is 2.66. The molecule has 1 aromatic carbocycles. The molecule has 0 saturated heterocycles. The van der Waals surface area contributed by atoms with Crippen LogP contribution in [0.5, 0.6) is 0 Å². The van der Waals surface area contributed by atoms with Crippen LogP contribution in [0, 0.1) is 17.8 Å². The van der Waals surface area contributed by atoms with E-state index in [1.165, 1.54) is 0 Å². The molecule has 156 valence electrons. The second kappa shape index (κ2) is 10.6. The predicted molar refractivity (Wildman–Crippen MR) is 119 cm³/mol. The minimum atomic E-state index is -0.899. The van der Waals surface area contributed by atoms with Crippen molar-refractivity contribution in [3.05, 3.63) is 71.3 Å². The van der Waals surface area contributed by atoms with E-state index in [2.05, 4.69) is 31.4 Å². The molecule has 3 N–H and O–H groups in total. The molecule has 1 fully saturated rings. The van der Waals surface area contributed by atoms with Gasteiger partial charge in [0.05, 0.1) is 17.8 Å². The molecule has 2 rings (SSSR count). The molecule has 0 radical (unpaired) electrons. The van der Waals surface area contributed by atoms with Crippen molar-refractivity contribution in [3.63, 3.8) is 0 Å². The molecule has 0 heterocycles. The van der Waals surface area contributed by atoms with Gasteiger partial charge in [0.25, 0.3) is 0 Å². The van der Waals surface area contributed by atoms with Gasteiger partial charge in [0.2, 0.25) is 0 Å². The van der Waals surface area contributed by atoms with Gasteiger partial charge < -0.3 is 15.3 Å². The molecule has 3 nitrogen and oxygen atoms in total. The standard InChI is InChI=1S/C26H34O3/c1-19(15-16-21-12-9-10-14-24(21)26(3,4)29)11-7-5-6-8-13-22-17-23(27)18-25(28)20(22)2/h6,8-10,12-14,19,23,25,27-29H,2,5,7,11,17-18H2,1,3-4H3/t19?,23-,25+/m1/s1. The van der Waals surface area contributed by atoms with Gasteiger partial charge in [0.15, 0.2) is 0 Å². The summed E-state index contributed by atoms with van der Waals surface area (Å²) in [7, 11) is 0. The van der Waals surface area contributed by atoms with E-state index >= 15 is 0 Å². The second-order valence-electron chi connectivity index (χ2n) is 8.46. The second-order valence-corrected chi connectivity index (χ2v) is 8.46. The highest BCUT2D eigenvalue weighted by atomic mass is 16.3. The van der Waals surface area contributed by atoms with Crippen molar-refractivity contribution in [1.82, 2.24) is 0 Å². The van der Waals surface area contributed by atoms with Crippen LogP contribution in [0.4, 0.5) is 0 Å². The number of aliphatic hydroxyl groups is 3. The molecule has 0 aromatic heterocycles. The third-order valence-electron chi connectivity index (χ3n) is 5.25.